The summed E-state index contributed by atoms with van der Waals surface area (Å²) in [5, 5.41) is 11.3. The van der Waals surface area contributed by atoms with E-state index in [1.54, 1.807) is 6.33 Å². The molecule has 1 saturated carbocycles. The van der Waals surface area contributed by atoms with Crippen molar-refractivity contribution in [2.45, 2.75) is 59.0 Å². The Hall–Kier alpha value is -2.18. The third kappa shape index (κ3) is 3.43. The lowest BCUT2D eigenvalue weighted by Crippen LogP contribution is -2.32. The van der Waals surface area contributed by atoms with Crippen LogP contribution >= 0.6 is 0 Å². The first-order chi connectivity index (χ1) is 11.1. The molecule has 2 heterocycles. The lowest BCUT2D eigenvalue weighted by molar-refractivity contribution is -0.122. The average molecular weight is 317 g/mol. The van der Waals surface area contributed by atoms with E-state index in [0.29, 0.717) is 18.8 Å². The zero-order valence-corrected chi connectivity index (χ0v) is 13.9. The van der Waals surface area contributed by atoms with Gasteiger partial charge in [0, 0.05) is 18.5 Å². The first-order valence-electron chi connectivity index (χ1n) is 8.19. The van der Waals surface area contributed by atoms with Crippen molar-refractivity contribution in [3.8, 4) is 0 Å². The summed E-state index contributed by atoms with van der Waals surface area (Å²) >= 11 is 0. The fraction of sp³-hybridized carbons (Fsp3) is 0.625. The zero-order chi connectivity index (χ0) is 16.4. The van der Waals surface area contributed by atoms with Crippen LogP contribution in [0.3, 0.4) is 0 Å². The van der Waals surface area contributed by atoms with Crippen molar-refractivity contribution in [2.75, 3.05) is 0 Å². The number of carbonyl (C=O) groups is 1. The van der Waals surface area contributed by atoms with Gasteiger partial charge in [-0.1, -0.05) is 5.16 Å². The molecular formula is C16H23N5O2. The number of amides is 1. The molecule has 23 heavy (non-hydrogen) atoms. The highest BCUT2D eigenvalue weighted by atomic mass is 16.5. The van der Waals surface area contributed by atoms with Crippen LogP contribution in [0.5, 0.6) is 0 Å². The first-order valence-corrected chi connectivity index (χ1v) is 8.19. The number of carbonyl (C=O) groups excluding carboxylic acids is 1. The molecule has 0 bridgehead atoms. The monoisotopic (exact) mass is 317 g/mol. The van der Waals surface area contributed by atoms with Crippen molar-refractivity contribution in [1.29, 1.82) is 0 Å². The van der Waals surface area contributed by atoms with Gasteiger partial charge in [-0.05, 0) is 46.0 Å². The normalized spacial score (nSPS) is 15.6. The second kappa shape index (κ2) is 6.52. The van der Waals surface area contributed by atoms with Gasteiger partial charge < -0.3 is 9.84 Å². The number of nitrogens with one attached hydrogen (secondary N) is 1. The number of rotatable bonds is 7. The van der Waals surface area contributed by atoms with Crippen LogP contribution in [-0.4, -0.2) is 25.8 Å². The summed E-state index contributed by atoms with van der Waals surface area (Å²) < 4.78 is 7.00. The Morgan fingerprint density at radius 1 is 1.48 bits per heavy atom. The topological polar surface area (TPSA) is 85.8 Å². The highest BCUT2D eigenvalue weighted by molar-refractivity contribution is 5.76. The molecule has 1 aliphatic rings. The number of hydrogen-bond acceptors (Lipinski definition) is 5. The first kappa shape index (κ1) is 15.7. The number of nitrogens with zero attached hydrogens (tertiary/aromatic N) is 4. The lowest BCUT2D eigenvalue weighted by atomic mass is 10.1. The van der Waals surface area contributed by atoms with Gasteiger partial charge in [-0.3, -0.25) is 4.79 Å². The predicted octanol–water partition coefficient (Wildman–Crippen LogP) is 2.10. The second-order valence-electron chi connectivity index (χ2n) is 6.12. The van der Waals surface area contributed by atoms with Crippen LogP contribution in [0.15, 0.2) is 10.9 Å². The van der Waals surface area contributed by atoms with Crippen LogP contribution in [0.25, 0.3) is 0 Å². The minimum absolute atomic E-state index is 0.0328. The molecule has 0 aromatic carbocycles. The molecule has 2 aromatic rings. The van der Waals surface area contributed by atoms with Gasteiger partial charge in [-0.25, -0.2) is 9.67 Å². The molecule has 0 spiro atoms. The Bertz CT molecular complexity index is 667. The van der Waals surface area contributed by atoms with E-state index in [2.05, 4.69) is 20.6 Å². The standard InChI is InChI=1S/C16H23N5O2/c1-4-21-16(17-9-18-21)15(12-5-6-12)19-14(22)8-7-13-10(2)20-23-11(13)3/h9,12,15H,4-8H2,1-3H3,(H,19,22). The molecule has 0 saturated heterocycles. The molecule has 0 radical (unpaired) electrons. The number of aromatic nitrogens is 4. The molecule has 1 atom stereocenters. The van der Waals surface area contributed by atoms with Crippen LogP contribution in [0.1, 0.15) is 55.1 Å². The molecule has 124 valence electrons. The summed E-state index contributed by atoms with van der Waals surface area (Å²) in [4.78, 5) is 16.7. The van der Waals surface area contributed by atoms with E-state index in [9.17, 15) is 4.79 Å². The van der Waals surface area contributed by atoms with E-state index < -0.39 is 0 Å². The number of hydrogen-bond donors (Lipinski definition) is 1. The Balaban J connectivity index is 1.63. The second-order valence-corrected chi connectivity index (χ2v) is 6.12. The zero-order valence-electron chi connectivity index (χ0n) is 13.9. The van der Waals surface area contributed by atoms with Gasteiger partial charge >= 0.3 is 0 Å². The molecule has 3 rings (SSSR count). The maximum atomic E-state index is 12.4. The highest BCUT2D eigenvalue weighted by Crippen LogP contribution is 2.40. The largest absolute Gasteiger partial charge is 0.361 e. The quantitative estimate of drug-likeness (QED) is 0.845. The van der Waals surface area contributed by atoms with Crippen molar-refractivity contribution in [1.82, 2.24) is 25.2 Å². The summed E-state index contributed by atoms with van der Waals surface area (Å²) in [6.45, 7) is 6.57. The van der Waals surface area contributed by atoms with Crippen molar-refractivity contribution >= 4 is 5.91 Å². The van der Waals surface area contributed by atoms with Crippen molar-refractivity contribution < 1.29 is 9.32 Å². The summed E-state index contributed by atoms with van der Waals surface area (Å²) in [6.07, 6.45) is 4.89. The molecule has 7 heteroatoms. The minimum Gasteiger partial charge on any atom is -0.361 e. The predicted molar refractivity (Wildman–Crippen MR) is 83.6 cm³/mol. The van der Waals surface area contributed by atoms with Gasteiger partial charge in [0.2, 0.25) is 5.91 Å². The molecular weight excluding hydrogens is 294 g/mol. The van der Waals surface area contributed by atoms with E-state index in [0.717, 1.165) is 42.2 Å². The fourth-order valence-corrected chi connectivity index (χ4v) is 2.92. The van der Waals surface area contributed by atoms with Gasteiger partial charge in [0.25, 0.3) is 0 Å². The van der Waals surface area contributed by atoms with E-state index in [1.807, 2.05) is 25.5 Å². The summed E-state index contributed by atoms with van der Waals surface area (Å²) in [6, 6.07) is -0.0328. The molecule has 1 unspecified atom stereocenters. The van der Waals surface area contributed by atoms with Gasteiger partial charge in [0.15, 0.2) is 0 Å². The molecule has 2 aromatic heterocycles. The Labute approximate surface area is 135 Å². The molecule has 1 amide bonds. The SMILES string of the molecule is CCn1ncnc1C(NC(=O)CCc1c(C)noc1C)C1CC1. The van der Waals surface area contributed by atoms with Crippen LogP contribution in [0.4, 0.5) is 0 Å². The summed E-state index contributed by atoms with van der Waals surface area (Å²) in [7, 11) is 0. The van der Waals surface area contributed by atoms with Crippen LogP contribution in [0.2, 0.25) is 0 Å². The van der Waals surface area contributed by atoms with E-state index in [4.69, 9.17) is 4.52 Å². The van der Waals surface area contributed by atoms with E-state index in [-0.39, 0.29) is 11.9 Å². The van der Waals surface area contributed by atoms with Crippen LogP contribution in [0, 0.1) is 19.8 Å². The molecule has 0 aliphatic heterocycles. The number of aryl methyl sites for hydroxylation is 3. The van der Waals surface area contributed by atoms with Gasteiger partial charge in [-0.2, -0.15) is 5.10 Å². The van der Waals surface area contributed by atoms with Crippen molar-refractivity contribution in [3.63, 3.8) is 0 Å². The maximum absolute atomic E-state index is 12.4. The average Bonchev–Trinajstić information content (AvgIpc) is 3.18. The van der Waals surface area contributed by atoms with E-state index in [1.165, 1.54) is 0 Å². The Morgan fingerprint density at radius 2 is 2.26 bits per heavy atom. The Kier molecular flexibility index (Phi) is 4.45. The maximum Gasteiger partial charge on any atom is 0.220 e. The smallest absolute Gasteiger partial charge is 0.220 e. The third-order valence-corrected chi connectivity index (χ3v) is 4.42. The van der Waals surface area contributed by atoms with Crippen molar-refractivity contribution in [3.05, 3.63) is 29.2 Å². The highest BCUT2D eigenvalue weighted by Gasteiger charge is 2.36. The minimum atomic E-state index is -0.0328. The summed E-state index contributed by atoms with van der Waals surface area (Å²) in [5.41, 5.74) is 1.89. The lowest BCUT2D eigenvalue weighted by Gasteiger charge is -2.18. The van der Waals surface area contributed by atoms with Crippen LogP contribution < -0.4 is 5.32 Å². The summed E-state index contributed by atoms with van der Waals surface area (Å²) in [5.74, 6) is 2.17. The van der Waals surface area contributed by atoms with Gasteiger partial charge in [-0.15, -0.1) is 0 Å². The molecule has 1 N–H and O–H groups in total. The molecule has 7 nitrogen and oxygen atoms in total. The van der Waals surface area contributed by atoms with Crippen molar-refractivity contribution in [2.24, 2.45) is 5.92 Å². The fourth-order valence-electron chi connectivity index (χ4n) is 2.92. The van der Waals surface area contributed by atoms with Crippen LogP contribution in [-0.2, 0) is 17.8 Å². The Morgan fingerprint density at radius 3 is 2.87 bits per heavy atom. The van der Waals surface area contributed by atoms with Gasteiger partial charge in [0.05, 0.1) is 11.7 Å². The van der Waals surface area contributed by atoms with Gasteiger partial charge in [0.1, 0.15) is 17.9 Å². The molecule has 1 aliphatic carbocycles. The molecule has 1 fully saturated rings. The third-order valence-electron chi connectivity index (χ3n) is 4.42. The van der Waals surface area contributed by atoms with E-state index >= 15 is 0 Å².